The summed E-state index contributed by atoms with van der Waals surface area (Å²) >= 11 is 0. The van der Waals surface area contributed by atoms with E-state index in [1.54, 1.807) is 12.4 Å². The summed E-state index contributed by atoms with van der Waals surface area (Å²) in [7, 11) is 0. The van der Waals surface area contributed by atoms with Gasteiger partial charge in [-0.05, 0) is 35.6 Å². The molecule has 0 bridgehead atoms. The van der Waals surface area contributed by atoms with Crippen LogP contribution in [0.1, 0.15) is 16.7 Å². The maximum Gasteiger partial charge on any atom is 0.134 e. The van der Waals surface area contributed by atoms with E-state index in [4.69, 9.17) is 0 Å². The molecule has 2 aromatic carbocycles. The summed E-state index contributed by atoms with van der Waals surface area (Å²) < 4.78 is 13.7. The van der Waals surface area contributed by atoms with Crippen LogP contribution in [0.15, 0.2) is 60.9 Å². The second kappa shape index (κ2) is 7.52. The van der Waals surface area contributed by atoms with Crippen molar-refractivity contribution in [1.82, 2.24) is 9.97 Å². The number of anilines is 2. The molecule has 1 aliphatic heterocycles. The van der Waals surface area contributed by atoms with Crippen LogP contribution in [0.2, 0.25) is 0 Å². The third-order valence-corrected chi connectivity index (χ3v) is 4.77. The van der Waals surface area contributed by atoms with E-state index in [9.17, 15) is 4.39 Å². The zero-order valence-electron chi connectivity index (χ0n) is 14.5. The first-order valence-electron chi connectivity index (χ1n) is 8.90. The molecule has 0 atom stereocenters. The molecule has 132 valence electrons. The largest absolute Gasteiger partial charge is 0.370 e. The first-order chi connectivity index (χ1) is 12.8. The molecule has 1 aromatic heterocycles. The number of rotatable bonds is 5. The summed E-state index contributed by atoms with van der Waals surface area (Å²) in [5.74, 6) is 1.53. The second-order valence-electron chi connectivity index (χ2n) is 6.47. The lowest BCUT2D eigenvalue weighted by molar-refractivity contribution is 0.610. The fourth-order valence-electron chi connectivity index (χ4n) is 3.33. The predicted octanol–water partition coefficient (Wildman–Crippen LogP) is 3.83. The van der Waals surface area contributed by atoms with Gasteiger partial charge in [0.05, 0.1) is 0 Å². The highest BCUT2D eigenvalue weighted by Crippen LogP contribution is 2.23. The number of aromatic nitrogens is 2. The lowest BCUT2D eigenvalue weighted by Gasteiger charge is -2.29. The second-order valence-corrected chi connectivity index (χ2v) is 6.47. The minimum Gasteiger partial charge on any atom is -0.370 e. The Labute approximate surface area is 152 Å². The van der Waals surface area contributed by atoms with Gasteiger partial charge in [-0.3, -0.25) is 0 Å². The van der Waals surface area contributed by atoms with Crippen molar-refractivity contribution in [3.63, 3.8) is 0 Å². The average molecular weight is 348 g/mol. The van der Waals surface area contributed by atoms with Gasteiger partial charge in [0.2, 0.25) is 0 Å². The van der Waals surface area contributed by atoms with Gasteiger partial charge < -0.3 is 10.2 Å². The normalized spacial score (nSPS) is 13.3. The predicted molar refractivity (Wildman–Crippen MR) is 102 cm³/mol. The number of fused-ring (bicyclic) bond motifs is 1. The number of benzene rings is 2. The van der Waals surface area contributed by atoms with Gasteiger partial charge in [0.1, 0.15) is 23.8 Å². The molecular weight excluding hydrogens is 327 g/mol. The van der Waals surface area contributed by atoms with Crippen molar-refractivity contribution < 1.29 is 4.39 Å². The maximum atomic E-state index is 13.7. The standard InChI is InChI=1S/C21H21FN4/c22-19-8-4-3-6-17(19)9-11-23-20-13-21(25-15-24-20)26-12-10-16-5-1-2-7-18(16)14-26/h1-8,13,15H,9-12,14H2,(H,23,24,25). The fraction of sp³-hybridized carbons (Fsp3) is 0.238. The topological polar surface area (TPSA) is 41.0 Å². The van der Waals surface area contributed by atoms with Gasteiger partial charge in [0.25, 0.3) is 0 Å². The summed E-state index contributed by atoms with van der Waals surface area (Å²) in [6.07, 6.45) is 3.22. The Morgan fingerprint density at radius 3 is 2.69 bits per heavy atom. The third kappa shape index (κ3) is 3.67. The van der Waals surface area contributed by atoms with Crippen LogP contribution in [-0.4, -0.2) is 23.1 Å². The molecule has 0 saturated carbocycles. The number of nitrogens with one attached hydrogen (secondary N) is 1. The van der Waals surface area contributed by atoms with Gasteiger partial charge in [0, 0.05) is 25.7 Å². The highest BCUT2D eigenvalue weighted by atomic mass is 19.1. The maximum absolute atomic E-state index is 13.7. The van der Waals surface area contributed by atoms with Crippen LogP contribution in [0, 0.1) is 5.82 Å². The molecule has 0 spiro atoms. The molecule has 2 heterocycles. The third-order valence-electron chi connectivity index (χ3n) is 4.77. The Hall–Kier alpha value is -2.95. The van der Waals surface area contributed by atoms with Crippen LogP contribution in [-0.2, 0) is 19.4 Å². The van der Waals surface area contributed by atoms with E-state index >= 15 is 0 Å². The van der Waals surface area contributed by atoms with E-state index in [0.717, 1.165) is 31.1 Å². The molecule has 1 aliphatic rings. The molecule has 0 aliphatic carbocycles. The number of hydrogen-bond donors (Lipinski definition) is 1. The van der Waals surface area contributed by atoms with Crippen LogP contribution >= 0.6 is 0 Å². The van der Waals surface area contributed by atoms with Gasteiger partial charge in [0.15, 0.2) is 0 Å². The Kier molecular flexibility index (Phi) is 4.78. The zero-order valence-corrected chi connectivity index (χ0v) is 14.5. The monoisotopic (exact) mass is 348 g/mol. The highest BCUT2D eigenvalue weighted by molar-refractivity contribution is 5.50. The van der Waals surface area contributed by atoms with Gasteiger partial charge in [-0.1, -0.05) is 42.5 Å². The Morgan fingerprint density at radius 1 is 1.00 bits per heavy atom. The van der Waals surface area contributed by atoms with Gasteiger partial charge in [-0.2, -0.15) is 0 Å². The highest BCUT2D eigenvalue weighted by Gasteiger charge is 2.17. The van der Waals surface area contributed by atoms with E-state index in [2.05, 4.69) is 44.5 Å². The van der Waals surface area contributed by atoms with Crippen molar-refractivity contribution in [3.8, 4) is 0 Å². The lowest BCUT2D eigenvalue weighted by atomic mass is 10.00. The molecule has 5 heteroatoms. The van der Waals surface area contributed by atoms with E-state index in [1.165, 1.54) is 17.2 Å². The summed E-state index contributed by atoms with van der Waals surface area (Å²) in [4.78, 5) is 11.0. The summed E-state index contributed by atoms with van der Waals surface area (Å²) in [6, 6.07) is 17.4. The Bertz CT molecular complexity index is 896. The van der Waals surface area contributed by atoms with Crippen LogP contribution < -0.4 is 10.2 Å². The molecule has 1 N–H and O–H groups in total. The van der Waals surface area contributed by atoms with Crippen LogP contribution in [0.4, 0.5) is 16.0 Å². The van der Waals surface area contributed by atoms with Crippen molar-refractivity contribution >= 4 is 11.6 Å². The summed E-state index contributed by atoms with van der Waals surface area (Å²) in [5.41, 5.74) is 3.48. The number of halogens is 1. The molecule has 3 aromatic rings. The average Bonchev–Trinajstić information content (AvgIpc) is 2.69. The molecule has 4 rings (SSSR count). The van der Waals surface area contributed by atoms with E-state index in [1.807, 2.05) is 18.2 Å². The quantitative estimate of drug-likeness (QED) is 0.761. The molecule has 0 unspecified atom stereocenters. The molecular formula is C21H21FN4. The van der Waals surface area contributed by atoms with Crippen molar-refractivity contribution in [2.45, 2.75) is 19.4 Å². The zero-order chi connectivity index (χ0) is 17.8. The summed E-state index contributed by atoms with van der Waals surface area (Å²) in [5, 5.41) is 3.27. The molecule has 0 amide bonds. The minimum absolute atomic E-state index is 0.162. The van der Waals surface area contributed by atoms with E-state index in [0.29, 0.717) is 18.5 Å². The fourth-order valence-corrected chi connectivity index (χ4v) is 3.33. The first-order valence-corrected chi connectivity index (χ1v) is 8.90. The number of hydrogen-bond acceptors (Lipinski definition) is 4. The Balaban J connectivity index is 1.40. The molecule has 0 saturated heterocycles. The smallest absolute Gasteiger partial charge is 0.134 e. The van der Waals surface area contributed by atoms with E-state index in [-0.39, 0.29) is 5.82 Å². The molecule has 0 radical (unpaired) electrons. The van der Waals surface area contributed by atoms with E-state index < -0.39 is 0 Å². The van der Waals surface area contributed by atoms with Gasteiger partial charge in [-0.25, -0.2) is 14.4 Å². The van der Waals surface area contributed by atoms with Gasteiger partial charge >= 0.3 is 0 Å². The number of nitrogens with zero attached hydrogens (tertiary/aromatic N) is 3. The molecule has 0 fully saturated rings. The Morgan fingerprint density at radius 2 is 1.81 bits per heavy atom. The SMILES string of the molecule is Fc1ccccc1CCNc1cc(N2CCc3ccccc3C2)ncn1. The lowest BCUT2D eigenvalue weighted by Crippen LogP contribution is -2.31. The molecule has 4 nitrogen and oxygen atoms in total. The van der Waals surface area contributed by atoms with Crippen LogP contribution in [0.25, 0.3) is 0 Å². The van der Waals surface area contributed by atoms with Crippen molar-refractivity contribution in [1.29, 1.82) is 0 Å². The molecule has 26 heavy (non-hydrogen) atoms. The summed E-state index contributed by atoms with van der Waals surface area (Å²) in [6.45, 7) is 2.44. The minimum atomic E-state index is -0.162. The van der Waals surface area contributed by atoms with Crippen molar-refractivity contribution in [2.24, 2.45) is 0 Å². The first kappa shape index (κ1) is 16.5. The van der Waals surface area contributed by atoms with Crippen molar-refractivity contribution in [2.75, 3.05) is 23.3 Å². The van der Waals surface area contributed by atoms with Crippen LogP contribution in [0.5, 0.6) is 0 Å². The van der Waals surface area contributed by atoms with Crippen LogP contribution in [0.3, 0.4) is 0 Å². The van der Waals surface area contributed by atoms with Gasteiger partial charge in [-0.15, -0.1) is 0 Å². The van der Waals surface area contributed by atoms with Crippen molar-refractivity contribution in [3.05, 3.63) is 83.4 Å².